The molecule has 0 saturated carbocycles. The molecule has 1 aromatic heterocycles. The van der Waals surface area contributed by atoms with Gasteiger partial charge in [0.15, 0.2) is 0 Å². The summed E-state index contributed by atoms with van der Waals surface area (Å²) in [7, 11) is 0. The molecule has 1 aliphatic rings. The normalized spacial score (nSPS) is 14.3. The van der Waals surface area contributed by atoms with Gasteiger partial charge < -0.3 is 0 Å². The van der Waals surface area contributed by atoms with Gasteiger partial charge in [0.1, 0.15) is 11.9 Å². The Hall–Kier alpha value is -2.97. The summed E-state index contributed by atoms with van der Waals surface area (Å²) >= 11 is 0. The zero-order valence-electron chi connectivity index (χ0n) is 13.9. The summed E-state index contributed by atoms with van der Waals surface area (Å²) in [6.07, 6.45) is 5.35. The van der Waals surface area contributed by atoms with Gasteiger partial charge in [-0.15, -0.1) is 0 Å². The van der Waals surface area contributed by atoms with Crippen LogP contribution in [0.5, 0.6) is 0 Å². The monoisotopic (exact) mass is 333 g/mol. The van der Waals surface area contributed by atoms with E-state index in [1.165, 1.54) is 23.4 Å². The fourth-order valence-corrected chi connectivity index (χ4v) is 2.76. The van der Waals surface area contributed by atoms with Crippen molar-refractivity contribution in [3.05, 3.63) is 76.1 Å². The van der Waals surface area contributed by atoms with Crippen LogP contribution in [0.25, 0.3) is 5.57 Å². The number of aromatic nitrogens is 1. The molecule has 2 heterocycles. The Bertz CT molecular complexity index is 818. The van der Waals surface area contributed by atoms with Crippen LogP contribution in [0.2, 0.25) is 0 Å². The Labute approximate surface area is 147 Å². The number of hydrogen-bond acceptors (Lipinski definition) is 4. The highest BCUT2D eigenvalue weighted by atomic mass is 16.6. The molecule has 1 aromatic carbocycles. The highest BCUT2D eigenvalue weighted by Gasteiger charge is 2.11. The van der Waals surface area contributed by atoms with Crippen LogP contribution in [0.1, 0.15) is 24.1 Å². The van der Waals surface area contributed by atoms with Gasteiger partial charge in [0.25, 0.3) is 5.69 Å². The lowest BCUT2D eigenvalue weighted by atomic mass is 9.99. The largest absolute Gasteiger partial charge is 0.298 e. The molecular weight excluding hydrogens is 314 g/mol. The van der Waals surface area contributed by atoms with Crippen LogP contribution < -0.4 is 0 Å². The second kappa shape index (κ2) is 8.22. The summed E-state index contributed by atoms with van der Waals surface area (Å²) in [5.41, 5.74) is 3.28. The summed E-state index contributed by atoms with van der Waals surface area (Å²) in [5, 5.41) is 10.6. The fraction of sp³-hybridized carbons (Fsp3) is 0.250. The van der Waals surface area contributed by atoms with Crippen molar-refractivity contribution in [1.82, 2.24) is 9.88 Å². The third-order valence-corrected chi connectivity index (χ3v) is 4.17. The number of hydrogen-bond donors (Lipinski definition) is 0. The van der Waals surface area contributed by atoms with E-state index in [4.69, 9.17) is 0 Å². The Morgan fingerprint density at radius 2 is 2.04 bits per heavy atom. The topological polar surface area (TPSA) is 59.3 Å². The zero-order chi connectivity index (χ0) is 17.5. The average molecular weight is 333 g/mol. The van der Waals surface area contributed by atoms with Crippen molar-refractivity contribution < 1.29 is 4.92 Å². The number of benzene rings is 1. The molecule has 25 heavy (non-hydrogen) atoms. The van der Waals surface area contributed by atoms with Crippen molar-refractivity contribution in [1.29, 1.82) is 0 Å². The minimum atomic E-state index is -0.461. The minimum absolute atomic E-state index is 0.0140. The first-order valence-corrected chi connectivity index (χ1v) is 8.28. The Kier molecular flexibility index (Phi) is 5.55. The first-order valence-electron chi connectivity index (χ1n) is 8.28. The van der Waals surface area contributed by atoms with E-state index < -0.39 is 4.92 Å². The van der Waals surface area contributed by atoms with Crippen LogP contribution >= 0.6 is 0 Å². The van der Waals surface area contributed by atoms with E-state index in [1.54, 1.807) is 6.07 Å². The first-order chi connectivity index (χ1) is 12.2. The summed E-state index contributed by atoms with van der Waals surface area (Å²) < 4.78 is 0. The van der Waals surface area contributed by atoms with Crippen LogP contribution in [0.4, 0.5) is 5.69 Å². The highest BCUT2D eigenvalue weighted by Crippen LogP contribution is 2.21. The maximum Gasteiger partial charge on any atom is 0.287 e. The van der Waals surface area contributed by atoms with E-state index >= 15 is 0 Å². The smallest absolute Gasteiger partial charge is 0.287 e. The molecule has 0 atom stereocenters. The summed E-state index contributed by atoms with van der Waals surface area (Å²) in [5.74, 6) is 6.06. The summed E-state index contributed by atoms with van der Waals surface area (Å²) in [4.78, 5) is 16.5. The zero-order valence-corrected chi connectivity index (χ0v) is 13.9. The van der Waals surface area contributed by atoms with Crippen molar-refractivity contribution in [2.75, 3.05) is 19.6 Å². The fourth-order valence-electron chi connectivity index (χ4n) is 2.76. The standard InChI is InChI=1S/C20H19N3O2/c24-23(25)20-10-9-19(21-16-20)8-4-5-13-22-14-11-18(12-15-22)17-6-2-1-3-7-17/h1-3,6-7,9-11,16H,5,12-15H2. The molecule has 0 N–H and O–H groups in total. The van der Waals surface area contributed by atoms with Gasteiger partial charge in [0, 0.05) is 32.1 Å². The molecule has 5 nitrogen and oxygen atoms in total. The SMILES string of the molecule is O=[N+]([O-])c1ccc(C#CCCN2CC=C(c3ccccc3)CC2)nc1. The lowest BCUT2D eigenvalue weighted by Gasteiger charge is -2.25. The van der Waals surface area contributed by atoms with Crippen LogP contribution in [0.15, 0.2) is 54.7 Å². The van der Waals surface area contributed by atoms with Crippen molar-refractivity contribution >= 4 is 11.3 Å². The predicted octanol–water partition coefficient (Wildman–Crippen LogP) is 3.52. The van der Waals surface area contributed by atoms with Gasteiger partial charge in [0.05, 0.1) is 4.92 Å². The molecule has 0 radical (unpaired) electrons. The summed E-state index contributed by atoms with van der Waals surface area (Å²) in [6.45, 7) is 2.90. The Balaban J connectivity index is 1.48. The van der Waals surface area contributed by atoms with Crippen molar-refractivity contribution in [3.8, 4) is 11.8 Å². The first kappa shape index (κ1) is 16.9. The molecule has 0 unspecified atom stereocenters. The average Bonchev–Trinajstić information content (AvgIpc) is 2.67. The van der Waals surface area contributed by atoms with Gasteiger partial charge in [-0.3, -0.25) is 15.0 Å². The third-order valence-electron chi connectivity index (χ3n) is 4.17. The van der Waals surface area contributed by atoms with Gasteiger partial charge in [-0.1, -0.05) is 42.3 Å². The van der Waals surface area contributed by atoms with Gasteiger partial charge in [0.2, 0.25) is 0 Å². The van der Waals surface area contributed by atoms with Crippen molar-refractivity contribution in [3.63, 3.8) is 0 Å². The van der Waals surface area contributed by atoms with Gasteiger partial charge in [-0.2, -0.15) is 0 Å². The molecule has 126 valence electrons. The van der Waals surface area contributed by atoms with Crippen molar-refractivity contribution in [2.24, 2.45) is 0 Å². The maximum absolute atomic E-state index is 10.6. The second-order valence-electron chi connectivity index (χ2n) is 5.86. The van der Waals surface area contributed by atoms with Crippen LogP contribution in [-0.4, -0.2) is 34.4 Å². The summed E-state index contributed by atoms with van der Waals surface area (Å²) in [6, 6.07) is 13.5. The molecule has 2 aromatic rings. The highest BCUT2D eigenvalue weighted by molar-refractivity contribution is 5.66. The molecule has 0 bridgehead atoms. The van der Waals surface area contributed by atoms with E-state index in [0.717, 1.165) is 32.5 Å². The molecule has 1 aliphatic heterocycles. The van der Waals surface area contributed by atoms with Crippen molar-refractivity contribution in [2.45, 2.75) is 12.8 Å². The van der Waals surface area contributed by atoms with Gasteiger partial charge in [-0.25, -0.2) is 4.98 Å². The van der Waals surface area contributed by atoms with Crippen LogP contribution in [0.3, 0.4) is 0 Å². The van der Waals surface area contributed by atoms with Gasteiger partial charge >= 0.3 is 0 Å². The Morgan fingerprint density at radius 1 is 1.20 bits per heavy atom. The lowest BCUT2D eigenvalue weighted by molar-refractivity contribution is -0.385. The molecule has 5 heteroatoms. The number of pyridine rings is 1. The van der Waals surface area contributed by atoms with Crippen LogP contribution in [0, 0.1) is 22.0 Å². The predicted molar refractivity (Wildman–Crippen MR) is 97.9 cm³/mol. The molecule has 0 fully saturated rings. The lowest BCUT2D eigenvalue weighted by Crippen LogP contribution is -2.29. The van der Waals surface area contributed by atoms with E-state index in [9.17, 15) is 10.1 Å². The van der Waals surface area contributed by atoms with E-state index in [1.807, 2.05) is 6.07 Å². The maximum atomic E-state index is 10.6. The van der Waals surface area contributed by atoms with E-state index in [2.05, 4.69) is 52.1 Å². The molecule has 0 amide bonds. The molecular formula is C20H19N3O2. The number of rotatable bonds is 4. The number of nitrogens with zero attached hydrogens (tertiary/aromatic N) is 3. The number of nitro groups is 1. The molecule has 3 rings (SSSR count). The molecule has 0 saturated heterocycles. The third kappa shape index (κ3) is 4.75. The van der Waals surface area contributed by atoms with Gasteiger partial charge in [-0.05, 0) is 29.5 Å². The minimum Gasteiger partial charge on any atom is -0.298 e. The second-order valence-corrected chi connectivity index (χ2v) is 5.86. The molecule has 0 aliphatic carbocycles. The Morgan fingerprint density at radius 3 is 2.68 bits per heavy atom. The van der Waals surface area contributed by atoms with E-state index in [0.29, 0.717) is 5.69 Å². The van der Waals surface area contributed by atoms with Crippen LogP contribution in [-0.2, 0) is 0 Å². The molecule has 0 spiro atoms. The van der Waals surface area contributed by atoms with E-state index in [-0.39, 0.29) is 5.69 Å². The quantitative estimate of drug-likeness (QED) is 0.488.